The molecule has 3 saturated heterocycles. The predicted molar refractivity (Wildman–Crippen MR) is 99.3 cm³/mol. The zero-order chi connectivity index (χ0) is 19.3. The number of fused-ring (bicyclic) bond motifs is 2. The molecule has 3 fully saturated rings. The van der Waals surface area contributed by atoms with Crippen LogP contribution >= 0.6 is 0 Å². The summed E-state index contributed by atoms with van der Waals surface area (Å²) in [5.41, 5.74) is 2.72. The summed E-state index contributed by atoms with van der Waals surface area (Å²) in [6, 6.07) is 6.24. The molecule has 1 unspecified atom stereocenters. The third-order valence-corrected chi connectivity index (χ3v) is 6.30. The Morgan fingerprint density at radius 2 is 2.07 bits per heavy atom. The summed E-state index contributed by atoms with van der Waals surface area (Å²) >= 11 is 0. The van der Waals surface area contributed by atoms with Gasteiger partial charge in [0, 0.05) is 44.2 Å². The summed E-state index contributed by atoms with van der Waals surface area (Å²) in [6.45, 7) is 4.60. The van der Waals surface area contributed by atoms with Gasteiger partial charge in [-0.05, 0) is 23.6 Å². The lowest BCUT2D eigenvalue weighted by Crippen LogP contribution is -2.56. The van der Waals surface area contributed by atoms with E-state index in [0.29, 0.717) is 30.6 Å². The van der Waals surface area contributed by atoms with Crippen molar-refractivity contribution in [3.63, 3.8) is 0 Å². The number of piperidine rings is 1. The number of hydrogen-bond acceptors (Lipinski definition) is 6. The molecule has 2 N–H and O–H groups in total. The smallest absolute Gasteiger partial charge is 0.255 e. The van der Waals surface area contributed by atoms with E-state index in [1.807, 2.05) is 12.1 Å². The van der Waals surface area contributed by atoms with Crippen molar-refractivity contribution < 1.29 is 19.1 Å². The monoisotopic (exact) mass is 384 g/mol. The molecule has 8 heteroatoms. The Bertz CT molecular complexity index is 841. The molecule has 148 valence electrons. The lowest BCUT2D eigenvalue weighted by molar-refractivity contribution is -0.136. The lowest BCUT2D eigenvalue weighted by Gasteiger charge is -2.37. The quantitative estimate of drug-likeness (QED) is 0.691. The van der Waals surface area contributed by atoms with E-state index < -0.39 is 6.04 Å². The van der Waals surface area contributed by atoms with Crippen molar-refractivity contribution in [3.05, 3.63) is 34.9 Å². The van der Waals surface area contributed by atoms with E-state index in [2.05, 4.69) is 21.6 Å². The summed E-state index contributed by atoms with van der Waals surface area (Å²) in [4.78, 5) is 40.6. The first-order valence-corrected chi connectivity index (χ1v) is 9.92. The van der Waals surface area contributed by atoms with Gasteiger partial charge in [-0.2, -0.15) is 0 Å². The van der Waals surface area contributed by atoms with Crippen molar-refractivity contribution in [3.8, 4) is 0 Å². The fourth-order valence-corrected chi connectivity index (χ4v) is 4.79. The summed E-state index contributed by atoms with van der Waals surface area (Å²) in [5, 5.41) is 5.85. The van der Waals surface area contributed by atoms with Crippen LogP contribution in [0.2, 0.25) is 0 Å². The molecule has 1 aromatic carbocycles. The first kappa shape index (κ1) is 17.8. The minimum atomic E-state index is -0.564. The Labute approximate surface area is 163 Å². The molecular weight excluding hydrogens is 360 g/mol. The van der Waals surface area contributed by atoms with Gasteiger partial charge in [0.1, 0.15) is 6.04 Å². The Kier molecular flexibility index (Phi) is 4.41. The van der Waals surface area contributed by atoms with Crippen LogP contribution in [0.4, 0.5) is 0 Å². The highest BCUT2D eigenvalue weighted by Gasteiger charge is 2.39. The predicted octanol–water partition coefficient (Wildman–Crippen LogP) is -0.380. The highest BCUT2D eigenvalue weighted by molar-refractivity contribution is 6.05. The molecule has 28 heavy (non-hydrogen) atoms. The number of amides is 3. The lowest BCUT2D eigenvalue weighted by atomic mass is 10.0. The van der Waals surface area contributed by atoms with E-state index >= 15 is 0 Å². The fourth-order valence-electron chi connectivity index (χ4n) is 4.79. The van der Waals surface area contributed by atoms with Crippen LogP contribution in [0.1, 0.15) is 34.3 Å². The van der Waals surface area contributed by atoms with Gasteiger partial charge in [0.25, 0.3) is 5.91 Å². The molecule has 1 aromatic rings. The van der Waals surface area contributed by atoms with Crippen molar-refractivity contribution in [2.75, 3.05) is 26.3 Å². The average molecular weight is 384 g/mol. The first-order valence-electron chi connectivity index (χ1n) is 9.92. The number of hydrogen-bond donors (Lipinski definition) is 2. The van der Waals surface area contributed by atoms with Crippen LogP contribution in [-0.4, -0.2) is 72.0 Å². The van der Waals surface area contributed by atoms with Crippen LogP contribution in [0.25, 0.3) is 0 Å². The van der Waals surface area contributed by atoms with Gasteiger partial charge < -0.3 is 15.0 Å². The Morgan fingerprint density at radius 1 is 1.18 bits per heavy atom. The number of nitrogens with zero attached hydrogens (tertiary/aromatic N) is 2. The molecule has 0 saturated carbocycles. The average Bonchev–Trinajstić information content (AvgIpc) is 3.28. The van der Waals surface area contributed by atoms with E-state index in [0.717, 1.165) is 44.0 Å². The van der Waals surface area contributed by atoms with Gasteiger partial charge in [0.05, 0.1) is 19.3 Å². The molecule has 0 spiro atoms. The summed E-state index contributed by atoms with van der Waals surface area (Å²) < 4.78 is 5.62. The van der Waals surface area contributed by atoms with Crippen molar-refractivity contribution in [1.29, 1.82) is 0 Å². The third kappa shape index (κ3) is 3.01. The zero-order valence-corrected chi connectivity index (χ0v) is 15.6. The van der Waals surface area contributed by atoms with Crippen molar-refractivity contribution >= 4 is 17.7 Å². The molecule has 0 radical (unpaired) electrons. The van der Waals surface area contributed by atoms with Gasteiger partial charge in [0.2, 0.25) is 11.8 Å². The van der Waals surface area contributed by atoms with E-state index in [9.17, 15) is 14.4 Å². The Hall–Kier alpha value is -2.29. The SMILES string of the molecule is O=C1CCC(N2Cc3ccc(CN4CCN[C@H]5COC[C@H]54)cc3C2=O)C(=O)N1. The maximum Gasteiger partial charge on any atom is 0.255 e. The molecule has 8 nitrogen and oxygen atoms in total. The normalized spacial score (nSPS) is 30.4. The minimum Gasteiger partial charge on any atom is -0.378 e. The van der Waals surface area contributed by atoms with E-state index in [-0.39, 0.29) is 24.1 Å². The third-order valence-electron chi connectivity index (χ3n) is 6.30. The van der Waals surface area contributed by atoms with Gasteiger partial charge in [-0.25, -0.2) is 0 Å². The molecule has 4 aliphatic heterocycles. The number of imide groups is 1. The largest absolute Gasteiger partial charge is 0.378 e. The van der Waals surface area contributed by atoms with E-state index in [1.165, 1.54) is 0 Å². The fraction of sp³-hybridized carbons (Fsp3) is 0.550. The minimum absolute atomic E-state index is 0.117. The number of ether oxygens (including phenoxy) is 1. The Balaban J connectivity index is 1.32. The maximum absolute atomic E-state index is 13.0. The number of rotatable bonds is 3. The van der Waals surface area contributed by atoms with Gasteiger partial charge >= 0.3 is 0 Å². The standard InChI is InChI=1S/C20H24N4O4/c25-18-4-3-16(19(26)22-18)24-9-13-2-1-12(7-14(13)20(24)27)8-23-6-5-21-15-10-28-11-17(15)23/h1-2,7,15-17,21H,3-6,8-11H2,(H,22,25,26)/t15-,16?,17+/m0/s1. The number of benzene rings is 1. The molecule has 0 aliphatic carbocycles. The molecule has 3 amide bonds. The topological polar surface area (TPSA) is 91.0 Å². The zero-order valence-electron chi connectivity index (χ0n) is 15.6. The molecule has 4 heterocycles. The summed E-state index contributed by atoms with van der Waals surface area (Å²) in [7, 11) is 0. The van der Waals surface area contributed by atoms with Crippen LogP contribution < -0.4 is 10.6 Å². The van der Waals surface area contributed by atoms with Crippen molar-refractivity contribution in [1.82, 2.24) is 20.4 Å². The van der Waals surface area contributed by atoms with Crippen LogP contribution in [0, 0.1) is 0 Å². The molecule has 0 bridgehead atoms. The summed E-state index contributed by atoms with van der Waals surface area (Å²) in [5.74, 6) is -0.752. The second-order valence-corrected chi connectivity index (χ2v) is 8.03. The molecule has 0 aromatic heterocycles. The van der Waals surface area contributed by atoms with Crippen LogP contribution in [0.15, 0.2) is 18.2 Å². The van der Waals surface area contributed by atoms with Crippen LogP contribution in [-0.2, 0) is 27.4 Å². The maximum atomic E-state index is 13.0. The van der Waals surface area contributed by atoms with Crippen molar-refractivity contribution in [2.45, 2.75) is 44.1 Å². The Morgan fingerprint density at radius 3 is 2.93 bits per heavy atom. The van der Waals surface area contributed by atoms with Gasteiger partial charge in [-0.1, -0.05) is 12.1 Å². The second kappa shape index (κ2) is 6.95. The van der Waals surface area contributed by atoms with Gasteiger partial charge in [0.15, 0.2) is 0 Å². The summed E-state index contributed by atoms with van der Waals surface area (Å²) in [6.07, 6.45) is 0.663. The molecular formula is C20H24N4O4. The van der Waals surface area contributed by atoms with Gasteiger partial charge in [-0.15, -0.1) is 0 Å². The highest BCUT2D eigenvalue weighted by atomic mass is 16.5. The molecule has 5 rings (SSSR count). The van der Waals surface area contributed by atoms with Crippen molar-refractivity contribution in [2.24, 2.45) is 0 Å². The first-order chi connectivity index (χ1) is 13.6. The second-order valence-electron chi connectivity index (χ2n) is 8.03. The number of carbonyl (C=O) groups excluding carboxylic acids is 3. The molecule has 4 aliphatic rings. The van der Waals surface area contributed by atoms with Crippen LogP contribution in [0.5, 0.6) is 0 Å². The highest BCUT2D eigenvalue weighted by Crippen LogP contribution is 2.29. The number of nitrogens with one attached hydrogen (secondary N) is 2. The van der Waals surface area contributed by atoms with E-state index in [1.54, 1.807) is 4.90 Å². The van der Waals surface area contributed by atoms with Crippen LogP contribution in [0.3, 0.4) is 0 Å². The van der Waals surface area contributed by atoms with Gasteiger partial charge in [-0.3, -0.25) is 24.6 Å². The number of carbonyl (C=O) groups is 3. The number of piperazine rings is 1. The van der Waals surface area contributed by atoms with E-state index in [4.69, 9.17) is 4.74 Å². The molecule has 3 atom stereocenters.